The van der Waals surface area contributed by atoms with Crippen molar-refractivity contribution in [2.24, 2.45) is 5.73 Å². The van der Waals surface area contributed by atoms with Crippen LogP contribution in [0.3, 0.4) is 0 Å². The van der Waals surface area contributed by atoms with Gasteiger partial charge in [0, 0.05) is 6.61 Å². The van der Waals surface area contributed by atoms with Crippen LogP contribution in [-0.2, 0) is 14.3 Å². The molecule has 0 spiro atoms. The average molecular weight is 246 g/mol. The molecule has 0 rings (SSSR count). The van der Waals surface area contributed by atoms with Gasteiger partial charge in [0.25, 0.3) is 0 Å². The molecule has 0 aliphatic rings. The number of amides is 1. The van der Waals surface area contributed by atoms with Crippen molar-refractivity contribution in [1.82, 2.24) is 5.32 Å². The van der Waals surface area contributed by atoms with E-state index in [0.29, 0.717) is 26.2 Å². The maximum atomic E-state index is 11.2. The first-order valence-electron chi connectivity index (χ1n) is 5.92. The predicted octanol–water partition coefficient (Wildman–Crippen LogP) is 0.672. The maximum absolute atomic E-state index is 11.2. The van der Waals surface area contributed by atoms with Gasteiger partial charge in [-0.1, -0.05) is 0 Å². The van der Waals surface area contributed by atoms with Gasteiger partial charge in [0.1, 0.15) is 0 Å². The molecular weight excluding hydrogens is 220 g/mol. The number of ether oxygens (including phenoxy) is 2. The fourth-order valence-electron chi connectivity index (χ4n) is 1.16. The molecule has 0 aromatic carbocycles. The molecule has 0 bridgehead atoms. The number of hydrogen-bond acceptors (Lipinski definition) is 4. The molecule has 0 aliphatic heterocycles. The van der Waals surface area contributed by atoms with Gasteiger partial charge in [-0.15, -0.1) is 0 Å². The van der Waals surface area contributed by atoms with Crippen molar-refractivity contribution >= 4 is 5.91 Å². The van der Waals surface area contributed by atoms with E-state index < -0.39 is 5.54 Å². The quantitative estimate of drug-likeness (QED) is 0.617. The molecule has 0 aromatic heterocycles. The topological polar surface area (TPSA) is 73.6 Å². The second-order valence-electron chi connectivity index (χ2n) is 5.27. The lowest BCUT2D eigenvalue weighted by molar-refractivity contribution is -0.124. The van der Waals surface area contributed by atoms with Crippen LogP contribution in [0, 0.1) is 0 Å². The molecule has 0 saturated heterocycles. The van der Waals surface area contributed by atoms with Crippen LogP contribution in [0.15, 0.2) is 0 Å². The lowest BCUT2D eigenvalue weighted by Gasteiger charge is -2.25. The van der Waals surface area contributed by atoms with Crippen molar-refractivity contribution in [2.45, 2.75) is 45.3 Å². The molecule has 0 fully saturated rings. The fraction of sp³-hybridized carbons (Fsp3) is 0.917. The molecule has 17 heavy (non-hydrogen) atoms. The third kappa shape index (κ3) is 7.31. The van der Waals surface area contributed by atoms with E-state index in [1.54, 1.807) is 14.0 Å². The van der Waals surface area contributed by atoms with E-state index in [1.165, 1.54) is 0 Å². The third-order valence-electron chi connectivity index (χ3n) is 2.60. The molecule has 1 atom stereocenters. The Labute approximate surface area is 104 Å². The van der Waals surface area contributed by atoms with E-state index in [1.807, 2.05) is 20.8 Å². The second-order valence-corrected chi connectivity index (χ2v) is 5.27. The van der Waals surface area contributed by atoms with Gasteiger partial charge < -0.3 is 20.5 Å². The van der Waals surface area contributed by atoms with Crippen LogP contribution >= 0.6 is 0 Å². The third-order valence-corrected chi connectivity index (χ3v) is 2.60. The number of rotatable bonds is 8. The van der Waals surface area contributed by atoms with Crippen molar-refractivity contribution < 1.29 is 14.3 Å². The monoisotopic (exact) mass is 246 g/mol. The molecule has 5 nitrogen and oxygen atoms in total. The highest BCUT2D eigenvalue weighted by molar-refractivity contribution is 5.84. The summed E-state index contributed by atoms with van der Waals surface area (Å²) >= 11 is 0. The Morgan fingerprint density at radius 1 is 1.18 bits per heavy atom. The van der Waals surface area contributed by atoms with Gasteiger partial charge >= 0.3 is 0 Å². The summed E-state index contributed by atoms with van der Waals surface area (Å²) in [5, 5.41) is 2.91. The van der Waals surface area contributed by atoms with E-state index in [2.05, 4.69) is 5.32 Å². The summed E-state index contributed by atoms with van der Waals surface area (Å²) in [6.45, 7) is 9.32. The Bertz CT molecular complexity index is 238. The summed E-state index contributed by atoms with van der Waals surface area (Å²) < 4.78 is 10.9. The molecule has 0 heterocycles. The molecule has 102 valence electrons. The maximum Gasteiger partial charge on any atom is 0.237 e. The van der Waals surface area contributed by atoms with Crippen molar-refractivity contribution in [2.75, 3.05) is 26.9 Å². The summed E-state index contributed by atoms with van der Waals surface area (Å²) in [4.78, 5) is 11.2. The summed E-state index contributed by atoms with van der Waals surface area (Å²) in [7, 11) is 1.72. The molecule has 1 unspecified atom stereocenters. The normalized spacial score (nSPS) is 15.6. The van der Waals surface area contributed by atoms with Gasteiger partial charge in [0.2, 0.25) is 5.91 Å². The molecular formula is C12H26N2O3. The van der Waals surface area contributed by atoms with Crippen LogP contribution < -0.4 is 11.1 Å². The Kier molecular flexibility index (Phi) is 6.67. The Morgan fingerprint density at radius 3 is 2.18 bits per heavy atom. The van der Waals surface area contributed by atoms with Crippen LogP contribution in [-0.4, -0.2) is 43.9 Å². The molecule has 5 heteroatoms. The van der Waals surface area contributed by atoms with Gasteiger partial charge in [-0.25, -0.2) is 0 Å². The minimum atomic E-state index is -0.703. The number of nitrogens with two attached hydrogens (primary N) is 1. The molecule has 1 amide bonds. The van der Waals surface area contributed by atoms with E-state index in [-0.39, 0.29) is 11.5 Å². The van der Waals surface area contributed by atoms with Crippen LogP contribution in [0.2, 0.25) is 0 Å². The highest BCUT2D eigenvalue weighted by Crippen LogP contribution is 2.09. The van der Waals surface area contributed by atoms with Gasteiger partial charge in [-0.05, 0) is 41.2 Å². The van der Waals surface area contributed by atoms with E-state index in [9.17, 15) is 4.79 Å². The van der Waals surface area contributed by atoms with Gasteiger partial charge in [-0.3, -0.25) is 4.79 Å². The standard InChI is InChI=1S/C12H26N2O3/c1-11(2,3)17-9-8-16-7-6-12(4,14-5)10(13)15/h14H,6-9H2,1-5H3,(H2,13,15). The van der Waals surface area contributed by atoms with Gasteiger partial charge in [0.15, 0.2) is 0 Å². The Morgan fingerprint density at radius 2 is 1.76 bits per heavy atom. The van der Waals surface area contributed by atoms with Crippen molar-refractivity contribution in [1.29, 1.82) is 0 Å². The SMILES string of the molecule is CNC(C)(CCOCCOC(C)(C)C)C(N)=O. The van der Waals surface area contributed by atoms with Gasteiger partial charge in [-0.2, -0.15) is 0 Å². The number of likely N-dealkylation sites (N-methyl/N-ethyl adjacent to an activating group) is 1. The van der Waals surface area contributed by atoms with Crippen molar-refractivity contribution in [3.63, 3.8) is 0 Å². The second kappa shape index (κ2) is 6.93. The van der Waals surface area contributed by atoms with Crippen molar-refractivity contribution in [3.8, 4) is 0 Å². The Hall–Kier alpha value is -0.650. The minimum Gasteiger partial charge on any atom is -0.379 e. The van der Waals surface area contributed by atoms with Crippen molar-refractivity contribution in [3.05, 3.63) is 0 Å². The molecule has 0 radical (unpaired) electrons. The van der Waals surface area contributed by atoms with Gasteiger partial charge in [0.05, 0.1) is 24.4 Å². The summed E-state index contributed by atoms with van der Waals surface area (Å²) in [6.07, 6.45) is 0.550. The highest BCUT2D eigenvalue weighted by Gasteiger charge is 2.28. The fourth-order valence-corrected chi connectivity index (χ4v) is 1.16. The lowest BCUT2D eigenvalue weighted by atomic mass is 9.98. The summed E-state index contributed by atoms with van der Waals surface area (Å²) in [5.41, 5.74) is 4.45. The number of nitrogens with one attached hydrogen (secondary N) is 1. The summed E-state index contributed by atoms with van der Waals surface area (Å²) in [5.74, 6) is -0.366. The molecule has 3 N–H and O–H groups in total. The van der Waals surface area contributed by atoms with Crippen LogP contribution in [0.5, 0.6) is 0 Å². The number of hydrogen-bond donors (Lipinski definition) is 2. The summed E-state index contributed by atoms with van der Waals surface area (Å²) in [6, 6.07) is 0. The largest absolute Gasteiger partial charge is 0.379 e. The van der Waals surface area contributed by atoms with E-state index in [0.717, 1.165) is 0 Å². The zero-order valence-corrected chi connectivity index (χ0v) is 11.6. The predicted molar refractivity (Wildman–Crippen MR) is 67.8 cm³/mol. The first-order chi connectivity index (χ1) is 7.71. The first-order valence-corrected chi connectivity index (χ1v) is 5.92. The number of carbonyl (C=O) groups is 1. The lowest BCUT2D eigenvalue weighted by Crippen LogP contribution is -2.52. The molecule has 0 saturated carbocycles. The average Bonchev–Trinajstić information content (AvgIpc) is 2.21. The highest BCUT2D eigenvalue weighted by atomic mass is 16.5. The first kappa shape index (κ1) is 16.4. The zero-order chi connectivity index (χ0) is 13.5. The minimum absolute atomic E-state index is 0.143. The Balaban J connectivity index is 3.67. The van der Waals surface area contributed by atoms with E-state index >= 15 is 0 Å². The smallest absolute Gasteiger partial charge is 0.237 e. The molecule has 0 aromatic rings. The molecule has 0 aliphatic carbocycles. The zero-order valence-electron chi connectivity index (χ0n) is 11.6. The van der Waals surface area contributed by atoms with Crippen LogP contribution in [0.25, 0.3) is 0 Å². The van der Waals surface area contributed by atoms with Crippen LogP contribution in [0.4, 0.5) is 0 Å². The van der Waals surface area contributed by atoms with E-state index in [4.69, 9.17) is 15.2 Å². The van der Waals surface area contributed by atoms with Crippen LogP contribution in [0.1, 0.15) is 34.1 Å². The number of primary amides is 1. The number of carbonyl (C=O) groups excluding carboxylic acids is 1.